The van der Waals surface area contributed by atoms with E-state index in [-0.39, 0.29) is 0 Å². The zero-order valence-corrected chi connectivity index (χ0v) is 10.2. The second kappa shape index (κ2) is 5.84. The topological polar surface area (TPSA) is 3.88 Å². The molecule has 1 aromatic carbocycles. The van der Waals surface area contributed by atoms with Crippen molar-refractivity contribution in [2.75, 3.05) is 0 Å². The Bertz CT molecular complexity index is 514. The molecular weight excluding hydrogens is 245 g/mol. The molecule has 0 fully saturated rings. The Morgan fingerprint density at radius 1 is 1.06 bits per heavy atom. The first-order valence-corrected chi connectivity index (χ1v) is 5.58. The van der Waals surface area contributed by atoms with E-state index >= 15 is 0 Å². The molecule has 0 amide bonds. The molecule has 0 bridgehead atoms. The molecule has 18 heavy (non-hydrogen) atoms. The standard InChI is InChI=1S/C12H14N.BF4/c1-3-13-9-5-8-11-7-4-6-10(2)12(11)13;2-1(3,4)5/h4-9H,3H2,1-2H3;/q+1;-1. The minimum absolute atomic E-state index is 1.03. The highest BCUT2D eigenvalue weighted by molar-refractivity contribution is 6.50. The van der Waals surface area contributed by atoms with Crippen LogP contribution in [0.4, 0.5) is 17.3 Å². The number of rotatable bonds is 1. The molecular formula is C12H14BF4N. The van der Waals surface area contributed by atoms with Crippen molar-refractivity contribution in [3.63, 3.8) is 0 Å². The largest absolute Gasteiger partial charge is 0.673 e. The van der Waals surface area contributed by atoms with Crippen LogP contribution < -0.4 is 4.57 Å². The number of benzene rings is 1. The van der Waals surface area contributed by atoms with Gasteiger partial charge in [0, 0.05) is 17.0 Å². The van der Waals surface area contributed by atoms with Crippen molar-refractivity contribution in [1.82, 2.24) is 0 Å². The van der Waals surface area contributed by atoms with Crippen LogP contribution in [0.2, 0.25) is 0 Å². The number of halogens is 4. The lowest BCUT2D eigenvalue weighted by molar-refractivity contribution is -0.668. The number of fused-ring (bicyclic) bond motifs is 1. The summed E-state index contributed by atoms with van der Waals surface area (Å²) in [4.78, 5) is 0. The summed E-state index contributed by atoms with van der Waals surface area (Å²) >= 11 is 0. The van der Waals surface area contributed by atoms with E-state index in [0.29, 0.717) is 0 Å². The Labute approximate surface area is 103 Å². The summed E-state index contributed by atoms with van der Waals surface area (Å²) in [6, 6.07) is 10.7. The molecule has 2 aromatic rings. The molecule has 0 radical (unpaired) electrons. The molecule has 6 heteroatoms. The Morgan fingerprint density at radius 2 is 1.61 bits per heavy atom. The summed E-state index contributed by atoms with van der Waals surface area (Å²) in [5, 5.41) is 1.32. The van der Waals surface area contributed by atoms with Crippen molar-refractivity contribution in [2.24, 2.45) is 0 Å². The smallest absolute Gasteiger partial charge is 0.418 e. The maximum Gasteiger partial charge on any atom is 0.673 e. The first kappa shape index (κ1) is 14.5. The van der Waals surface area contributed by atoms with E-state index in [4.69, 9.17) is 0 Å². The quantitative estimate of drug-likeness (QED) is 0.417. The van der Waals surface area contributed by atoms with Crippen molar-refractivity contribution >= 4 is 18.2 Å². The lowest BCUT2D eigenvalue weighted by Gasteiger charge is -2.00. The van der Waals surface area contributed by atoms with Gasteiger partial charge in [-0.3, -0.25) is 0 Å². The molecule has 98 valence electrons. The van der Waals surface area contributed by atoms with Crippen LogP contribution in [0.5, 0.6) is 0 Å². The summed E-state index contributed by atoms with van der Waals surface area (Å²) in [5.41, 5.74) is 2.70. The number of aryl methyl sites for hydroxylation is 2. The van der Waals surface area contributed by atoms with Crippen LogP contribution in [0, 0.1) is 6.92 Å². The number of aromatic nitrogens is 1. The van der Waals surface area contributed by atoms with Crippen LogP contribution in [0.1, 0.15) is 12.5 Å². The van der Waals surface area contributed by atoms with E-state index in [2.05, 4.69) is 54.9 Å². The van der Waals surface area contributed by atoms with E-state index in [1.165, 1.54) is 16.5 Å². The zero-order chi connectivity index (χ0) is 13.8. The zero-order valence-electron chi connectivity index (χ0n) is 10.2. The first-order valence-electron chi connectivity index (χ1n) is 5.58. The highest BCUT2D eigenvalue weighted by atomic mass is 19.5. The van der Waals surface area contributed by atoms with Gasteiger partial charge in [-0.15, -0.1) is 0 Å². The van der Waals surface area contributed by atoms with Crippen LogP contribution in [-0.4, -0.2) is 7.25 Å². The number of pyridine rings is 1. The maximum atomic E-state index is 9.75. The number of para-hydroxylation sites is 1. The fourth-order valence-electron chi connectivity index (χ4n) is 1.80. The predicted octanol–water partition coefficient (Wildman–Crippen LogP) is 3.76. The van der Waals surface area contributed by atoms with E-state index in [9.17, 15) is 17.3 Å². The van der Waals surface area contributed by atoms with Gasteiger partial charge in [0.15, 0.2) is 6.20 Å². The molecule has 0 saturated heterocycles. The summed E-state index contributed by atoms with van der Waals surface area (Å²) in [7, 11) is -6.00. The van der Waals surface area contributed by atoms with Crippen LogP contribution in [-0.2, 0) is 6.54 Å². The molecule has 0 spiro atoms. The molecule has 1 heterocycles. The minimum Gasteiger partial charge on any atom is -0.418 e. The Hall–Kier alpha value is -1.59. The van der Waals surface area contributed by atoms with Crippen LogP contribution in [0.3, 0.4) is 0 Å². The maximum absolute atomic E-state index is 9.75. The molecule has 0 atom stereocenters. The fourth-order valence-corrected chi connectivity index (χ4v) is 1.80. The summed E-state index contributed by atoms with van der Waals surface area (Å²) < 4.78 is 41.3. The molecule has 0 N–H and O–H groups in total. The Balaban J connectivity index is 0.000000280. The third kappa shape index (κ3) is 4.35. The van der Waals surface area contributed by atoms with Crippen LogP contribution >= 0.6 is 0 Å². The van der Waals surface area contributed by atoms with Crippen molar-refractivity contribution < 1.29 is 21.8 Å². The Kier molecular flexibility index (Phi) is 4.70. The number of hydrogen-bond donors (Lipinski definition) is 0. The summed E-state index contributed by atoms with van der Waals surface area (Å²) in [6.45, 7) is 5.36. The monoisotopic (exact) mass is 259 g/mol. The number of nitrogens with zero attached hydrogens (tertiary/aromatic N) is 1. The van der Waals surface area contributed by atoms with Gasteiger partial charge >= 0.3 is 7.25 Å². The van der Waals surface area contributed by atoms with E-state index < -0.39 is 7.25 Å². The average molecular weight is 259 g/mol. The lowest BCUT2D eigenvalue weighted by atomic mass is 10.1. The van der Waals surface area contributed by atoms with Crippen molar-refractivity contribution in [3.8, 4) is 0 Å². The van der Waals surface area contributed by atoms with Gasteiger partial charge in [-0.05, 0) is 26.0 Å². The normalized spacial score (nSPS) is 11.0. The van der Waals surface area contributed by atoms with Gasteiger partial charge < -0.3 is 17.3 Å². The van der Waals surface area contributed by atoms with Gasteiger partial charge in [0.05, 0.1) is 0 Å². The second-order valence-corrected chi connectivity index (χ2v) is 3.80. The third-order valence-corrected chi connectivity index (χ3v) is 2.44. The highest BCUT2D eigenvalue weighted by Gasteiger charge is 2.20. The SMILES string of the molecule is CC[n+]1cccc2cccc(C)c21.F[B-](F)(F)F. The van der Waals surface area contributed by atoms with E-state index in [1.54, 1.807) is 0 Å². The first-order chi connectivity index (χ1) is 8.33. The van der Waals surface area contributed by atoms with Gasteiger partial charge in [-0.2, -0.15) is 4.57 Å². The molecule has 2 rings (SSSR count). The van der Waals surface area contributed by atoms with Gasteiger partial charge in [0.25, 0.3) is 0 Å². The second-order valence-electron chi connectivity index (χ2n) is 3.80. The van der Waals surface area contributed by atoms with Gasteiger partial charge in [0.1, 0.15) is 6.54 Å². The van der Waals surface area contributed by atoms with E-state index in [0.717, 1.165) is 6.54 Å². The van der Waals surface area contributed by atoms with Crippen LogP contribution in [0.15, 0.2) is 36.5 Å². The average Bonchev–Trinajstić information content (AvgIpc) is 2.26. The molecule has 0 aliphatic carbocycles. The third-order valence-electron chi connectivity index (χ3n) is 2.44. The molecule has 1 aromatic heterocycles. The summed E-state index contributed by atoms with van der Waals surface area (Å²) in [6.07, 6.45) is 2.13. The van der Waals surface area contributed by atoms with Gasteiger partial charge in [-0.1, -0.05) is 12.1 Å². The molecule has 1 nitrogen and oxygen atoms in total. The lowest BCUT2D eigenvalue weighted by Crippen LogP contribution is -2.32. The van der Waals surface area contributed by atoms with Crippen LogP contribution in [0.25, 0.3) is 10.9 Å². The Morgan fingerprint density at radius 3 is 2.17 bits per heavy atom. The van der Waals surface area contributed by atoms with Crippen molar-refractivity contribution in [1.29, 1.82) is 0 Å². The van der Waals surface area contributed by atoms with Gasteiger partial charge in [0.2, 0.25) is 5.52 Å². The predicted molar refractivity (Wildman–Crippen MR) is 64.7 cm³/mol. The fraction of sp³-hybridized carbons (Fsp3) is 0.250. The number of hydrogen-bond acceptors (Lipinski definition) is 0. The van der Waals surface area contributed by atoms with Crippen molar-refractivity contribution in [2.45, 2.75) is 20.4 Å². The molecule has 0 aliphatic rings. The highest BCUT2D eigenvalue weighted by Crippen LogP contribution is 2.13. The molecule has 0 saturated carbocycles. The summed E-state index contributed by atoms with van der Waals surface area (Å²) in [5.74, 6) is 0. The molecule has 0 unspecified atom stereocenters. The van der Waals surface area contributed by atoms with Crippen molar-refractivity contribution in [3.05, 3.63) is 42.1 Å². The van der Waals surface area contributed by atoms with Gasteiger partial charge in [-0.25, -0.2) is 0 Å². The minimum atomic E-state index is -6.00. The molecule has 0 aliphatic heterocycles. The van der Waals surface area contributed by atoms with E-state index in [1.807, 2.05) is 0 Å².